The SMILES string of the molecule is CN(CC(=O)Nc1ccccc1Cl)CN1C(=O)C(=O)N(CC(F)(F)F)C1=O. The molecule has 1 N–H and O–H groups in total. The second-order valence-electron chi connectivity index (χ2n) is 5.71. The maximum absolute atomic E-state index is 12.4. The van der Waals surface area contributed by atoms with Crippen molar-refractivity contribution in [3.63, 3.8) is 0 Å². The van der Waals surface area contributed by atoms with Crippen molar-refractivity contribution in [1.82, 2.24) is 14.7 Å². The Bertz CT molecular complexity index is 787. The van der Waals surface area contributed by atoms with Crippen LogP contribution in [0.25, 0.3) is 0 Å². The van der Waals surface area contributed by atoms with Crippen LogP contribution in [-0.4, -0.2) is 71.4 Å². The van der Waals surface area contributed by atoms with Gasteiger partial charge >= 0.3 is 24.0 Å². The molecule has 1 aromatic carbocycles. The number of halogens is 4. The van der Waals surface area contributed by atoms with Crippen molar-refractivity contribution in [3.05, 3.63) is 29.3 Å². The van der Waals surface area contributed by atoms with Crippen molar-refractivity contribution in [3.8, 4) is 0 Å². The minimum atomic E-state index is -4.83. The third kappa shape index (κ3) is 5.17. The van der Waals surface area contributed by atoms with E-state index in [2.05, 4.69) is 5.32 Å². The maximum Gasteiger partial charge on any atom is 0.406 e. The van der Waals surface area contributed by atoms with Crippen LogP contribution in [0.5, 0.6) is 0 Å². The van der Waals surface area contributed by atoms with Gasteiger partial charge in [-0.1, -0.05) is 23.7 Å². The molecule has 0 unspecified atom stereocenters. The number of imide groups is 2. The quantitative estimate of drug-likeness (QED) is 0.571. The number of nitrogens with zero attached hydrogens (tertiary/aromatic N) is 3. The normalized spacial score (nSPS) is 15.1. The summed E-state index contributed by atoms with van der Waals surface area (Å²) in [5, 5.41) is 2.81. The van der Waals surface area contributed by atoms with Gasteiger partial charge in [0.25, 0.3) is 0 Å². The number of carbonyl (C=O) groups excluding carboxylic acids is 4. The van der Waals surface area contributed by atoms with E-state index in [0.29, 0.717) is 15.6 Å². The number of para-hydroxylation sites is 1. The molecule has 8 nitrogen and oxygen atoms in total. The smallest absolute Gasteiger partial charge is 0.324 e. The first-order valence-corrected chi connectivity index (χ1v) is 7.84. The molecule has 2 rings (SSSR count). The standard InChI is InChI=1S/C15H14ClF3N4O4/c1-21(6-11(24)20-10-5-3-2-4-9(10)16)8-23-13(26)12(25)22(14(23)27)7-15(17,18)19/h2-5H,6-8H2,1H3,(H,20,24). The fourth-order valence-corrected chi connectivity index (χ4v) is 2.47. The summed E-state index contributed by atoms with van der Waals surface area (Å²) < 4.78 is 37.3. The van der Waals surface area contributed by atoms with Gasteiger partial charge in [-0.3, -0.25) is 19.3 Å². The number of hydrogen-bond donors (Lipinski definition) is 1. The number of carbonyl (C=O) groups is 4. The zero-order valence-electron chi connectivity index (χ0n) is 13.9. The molecule has 1 aliphatic heterocycles. The van der Waals surface area contributed by atoms with E-state index in [-0.39, 0.29) is 11.4 Å². The molecule has 1 fully saturated rings. The summed E-state index contributed by atoms with van der Waals surface area (Å²) in [5.74, 6) is -3.49. The Morgan fingerprint density at radius 1 is 1.15 bits per heavy atom. The third-order valence-electron chi connectivity index (χ3n) is 3.42. The molecule has 0 spiro atoms. The van der Waals surface area contributed by atoms with Gasteiger partial charge in [-0.05, 0) is 19.2 Å². The fraction of sp³-hybridized carbons (Fsp3) is 0.333. The van der Waals surface area contributed by atoms with E-state index in [0.717, 1.165) is 0 Å². The molecule has 0 aliphatic carbocycles. The van der Waals surface area contributed by atoms with Crippen molar-refractivity contribution in [1.29, 1.82) is 0 Å². The lowest BCUT2D eigenvalue weighted by molar-refractivity contribution is -0.156. The third-order valence-corrected chi connectivity index (χ3v) is 3.75. The van der Waals surface area contributed by atoms with E-state index in [1.807, 2.05) is 0 Å². The van der Waals surface area contributed by atoms with Crippen LogP contribution in [0.1, 0.15) is 0 Å². The number of hydrogen-bond acceptors (Lipinski definition) is 5. The van der Waals surface area contributed by atoms with Crippen LogP contribution in [0.15, 0.2) is 24.3 Å². The lowest BCUT2D eigenvalue weighted by Gasteiger charge is -2.22. The molecule has 0 radical (unpaired) electrons. The van der Waals surface area contributed by atoms with Gasteiger partial charge < -0.3 is 5.32 Å². The van der Waals surface area contributed by atoms with Crippen LogP contribution in [-0.2, 0) is 14.4 Å². The molecule has 5 amide bonds. The summed E-state index contributed by atoms with van der Waals surface area (Å²) >= 11 is 5.90. The summed E-state index contributed by atoms with van der Waals surface area (Å²) in [6, 6.07) is 5.04. The average Bonchev–Trinajstić information content (AvgIpc) is 2.73. The molecular formula is C15H14ClF3N4O4. The monoisotopic (exact) mass is 406 g/mol. The molecule has 1 heterocycles. The molecule has 0 atom stereocenters. The first kappa shape index (κ1) is 20.6. The van der Waals surface area contributed by atoms with Crippen LogP contribution in [0.3, 0.4) is 0 Å². The van der Waals surface area contributed by atoms with Crippen LogP contribution in [0, 0.1) is 0 Å². The topological polar surface area (TPSA) is 90.0 Å². The predicted molar refractivity (Wildman–Crippen MR) is 87.6 cm³/mol. The highest BCUT2D eigenvalue weighted by Gasteiger charge is 2.49. The number of anilines is 1. The zero-order chi connectivity index (χ0) is 20.4. The van der Waals surface area contributed by atoms with Crippen molar-refractivity contribution >= 4 is 41.0 Å². The maximum atomic E-state index is 12.4. The molecule has 1 saturated heterocycles. The summed E-state index contributed by atoms with van der Waals surface area (Å²) in [7, 11) is 1.35. The Morgan fingerprint density at radius 3 is 2.33 bits per heavy atom. The average molecular weight is 407 g/mol. The number of rotatable bonds is 6. The first-order chi connectivity index (χ1) is 12.5. The lowest BCUT2D eigenvalue weighted by atomic mass is 10.3. The predicted octanol–water partition coefficient (Wildman–Crippen LogP) is 1.52. The number of urea groups is 1. The molecular weight excluding hydrogens is 393 g/mol. The van der Waals surface area contributed by atoms with Gasteiger partial charge in [-0.15, -0.1) is 0 Å². The van der Waals surface area contributed by atoms with Crippen LogP contribution >= 0.6 is 11.6 Å². The second-order valence-corrected chi connectivity index (χ2v) is 6.11. The summed E-state index contributed by atoms with van der Waals surface area (Å²) in [4.78, 5) is 48.6. The molecule has 1 aromatic rings. The van der Waals surface area contributed by atoms with Crippen molar-refractivity contribution in [2.45, 2.75) is 6.18 Å². The van der Waals surface area contributed by atoms with Gasteiger partial charge in [0.1, 0.15) is 6.54 Å². The Kier molecular flexibility index (Phi) is 6.06. The van der Waals surface area contributed by atoms with Gasteiger partial charge in [0.2, 0.25) is 5.91 Å². The van der Waals surface area contributed by atoms with Crippen LogP contribution in [0.2, 0.25) is 5.02 Å². The Labute approximate surface area is 156 Å². The molecule has 27 heavy (non-hydrogen) atoms. The highest BCUT2D eigenvalue weighted by atomic mass is 35.5. The van der Waals surface area contributed by atoms with Crippen molar-refractivity contribution in [2.24, 2.45) is 0 Å². The molecule has 0 aromatic heterocycles. The van der Waals surface area contributed by atoms with Crippen molar-refractivity contribution < 1.29 is 32.3 Å². The molecule has 12 heteroatoms. The first-order valence-electron chi connectivity index (χ1n) is 7.46. The highest BCUT2D eigenvalue weighted by molar-refractivity contribution is 6.44. The summed E-state index contributed by atoms with van der Waals surface area (Å²) in [6.45, 7) is -2.70. The highest BCUT2D eigenvalue weighted by Crippen LogP contribution is 2.22. The van der Waals surface area contributed by atoms with E-state index in [1.165, 1.54) is 11.9 Å². The minimum absolute atomic E-state index is 0.181. The number of nitrogens with one attached hydrogen (secondary N) is 1. The largest absolute Gasteiger partial charge is 0.406 e. The van der Waals surface area contributed by atoms with Crippen LogP contribution in [0.4, 0.5) is 23.7 Å². The van der Waals surface area contributed by atoms with Gasteiger partial charge in [-0.25, -0.2) is 14.6 Å². The minimum Gasteiger partial charge on any atom is -0.324 e. The number of benzene rings is 1. The van der Waals surface area contributed by atoms with E-state index in [4.69, 9.17) is 11.6 Å². The van der Waals surface area contributed by atoms with Gasteiger partial charge in [-0.2, -0.15) is 13.2 Å². The van der Waals surface area contributed by atoms with E-state index in [9.17, 15) is 32.3 Å². The number of likely N-dealkylation sites (N-methyl/N-ethyl adjacent to an activating group) is 1. The van der Waals surface area contributed by atoms with E-state index in [1.54, 1.807) is 24.3 Å². The number of amides is 5. The van der Waals surface area contributed by atoms with E-state index >= 15 is 0 Å². The van der Waals surface area contributed by atoms with Gasteiger partial charge in [0.15, 0.2) is 0 Å². The molecule has 0 saturated carbocycles. The fourth-order valence-electron chi connectivity index (χ4n) is 2.28. The Balaban J connectivity index is 1.96. The molecule has 1 aliphatic rings. The summed E-state index contributed by atoms with van der Waals surface area (Å²) in [6.07, 6.45) is -4.83. The second kappa shape index (κ2) is 7.92. The zero-order valence-corrected chi connectivity index (χ0v) is 14.7. The van der Waals surface area contributed by atoms with Crippen molar-refractivity contribution in [2.75, 3.05) is 32.1 Å². The van der Waals surface area contributed by atoms with E-state index < -0.39 is 43.1 Å². The lowest BCUT2D eigenvalue weighted by Crippen LogP contribution is -2.44. The van der Waals surface area contributed by atoms with Gasteiger partial charge in [0.05, 0.1) is 23.9 Å². The van der Waals surface area contributed by atoms with Crippen LogP contribution < -0.4 is 5.32 Å². The molecule has 0 bridgehead atoms. The molecule has 146 valence electrons. The number of alkyl halides is 3. The Morgan fingerprint density at radius 2 is 1.74 bits per heavy atom. The Hall–Kier alpha value is -2.66. The summed E-state index contributed by atoms with van der Waals surface area (Å²) in [5.41, 5.74) is 0.345. The van der Waals surface area contributed by atoms with Gasteiger partial charge in [0, 0.05) is 0 Å².